The van der Waals surface area contributed by atoms with Gasteiger partial charge in [-0.25, -0.2) is 4.79 Å². The summed E-state index contributed by atoms with van der Waals surface area (Å²) in [5, 5.41) is 9.53. The van der Waals surface area contributed by atoms with Crippen LogP contribution in [0, 0.1) is 0 Å². The van der Waals surface area contributed by atoms with Crippen LogP contribution in [0.5, 0.6) is 5.75 Å². The van der Waals surface area contributed by atoms with Gasteiger partial charge in [0.15, 0.2) is 6.29 Å². The molecule has 222 valence electrons. The number of hydrogen-bond donors (Lipinski definition) is 1. The zero-order chi connectivity index (χ0) is 30.4. The first-order valence-corrected chi connectivity index (χ1v) is 17.6. The Bertz CT molecular complexity index is 1530. The molecule has 2 aromatic carbocycles. The van der Waals surface area contributed by atoms with Gasteiger partial charge in [-0.2, -0.15) is 0 Å². The Labute approximate surface area is 249 Å². The second kappa shape index (κ2) is 11.1. The molecule has 42 heavy (non-hydrogen) atoms. The van der Waals surface area contributed by atoms with Crippen LogP contribution in [-0.2, 0) is 25.9 Å². The highest BCUT2D eigenvalue weighted by atomic mass is 28.4. The lowest BCUT2D eigenvalue weighted by molar-refractivity contribution is 0.0991. The molecule has 3 heterocycles. The number of rotatable bonds is 6. The fourth-order valence-corrected chi connectivity index (χ4v) is 6.71. The molecule has 2 amide bonds. The Kier molecular flexibility index (Phi) is 7.83. The van der Waals surface area contributed by atoms with Crippen LogP contribution in [0.3, 0.4) is 0 Å². The minimum absolute atomic E-state index is 0.0886. The maximum atomic E-state index is 14.0. The van der Waals surface area contributed by atoms with Crippen LogP contribution in [0.25, 0.3) is 11.3 Å². The zero-order valence-corrected chi connectivity index (χ0v) is 26.5. The molecule has 0 bridgehead atoms. The van der Waals surface area contributed by atoms with Crippen molar-refractivity contribution in [2.75, 3.05) is 18.5 Å². The molecule has 9 heteroatoms. The molecule has 0 saturated carbocycles. The number of aldehydes is 1. The summed E-state index contributed by atoms with van der Waals surface area (Å²) in [6, 6.07) is 13.5. The predicted octanol–water partition coefficient (Wildman–Crippen LogP) is 7.00. The quantitative estimate of drug-likeness (QED) is 0.248. The van der Waals surface area contributed by atoms with Crippen LogP contribution < -0.4 is 9.33 Å². The van der Waals surface area contributed by atoms with Crippen molar-refractivity contribution in [3.8, 4) is 17.0 Å². The summed E-state index contributed by atoms with van der Waals surface area (Å²) in [4.78, 5) is 40.8. The van der Waals surface area contributed by atoms with Crippen LogP contribution in [0.2, 0.25) is 18.1 Å². The molecule has 2 aliphatic rings. The van der Waals surface area contributed by atoms with Crippen LogP contribution in [0.4, 0.5) is 10.5 Å². The van der Waals surface area contributed by atoms with E-state index >= 15 is 0 Å². The second-order valence-electron chi connectivity index (χ2n) is 13.0. The molecule has 1 N–H and O–H groups in total. The van der Waals surface area contributed by atoms with E-state index in [-0.39, 0.29) is 17.5 Å². The van der Waals surface area contributed by atoms with Crippen molar-refractivity contribution in [1.82, 2.24) is 9.47 Å². The van der Waals surface area contributed by atoms with Crippen molar-refractivity contribution in [3.63, 3.8) is 0 Å². The molecular weight excluding hydrogens is 546 g/mol. The van der Waals surface area contributed by atoms with Crippen molar-refractivity contribution in [3.05, 3.63) is 70.4 Å². The third-order valence-corrected chi connectivity index (χ3v) is 13.6. The van der Waals surface area contributed by atoms with E-state index in [1.54, 1.807) is 11.9 Å². The Morgan fingerprint density at radius 3 is 2.36 bits per heavy atom. The monoisotopic (exact) mass is 587 g/mol. The van der Waals surface area contributed by atoms with Crippen LogP contribution in [-0.4, -0.2) is 54.8 Å². The lowest BCUT2D eigenvalue weighted by Gasteiger charge is -2.36. The number of hydrogen-bond acceptors (Lipinski definition) is 4. The maximum absolute atomic E-state index is 14.0. The van der Waals surface area contributed by atoms with Crippen LogP contribution in [0.15, 0.2) is 42.5 Å². The number of carbonyl (C=O) groups is 3. The van der Waals surface area contributed by atoms with Crippen molar-refractivity contribution < 1.29 is 23.9 Å². The summed E-state index contributed by atoms with van der Waals surface area (Å²) in [6.07, 6.45) is 3.27. The average Bonchev–Trinajstić information content (AvgIpc) is 3.34. The number of amides is 2. The van der Waals surface area contributed by atoms with E-state index in [2.05, 4.69) is 38.4 Å². The van der Waals surface area contributed by atoms with E-state index in [9.17, 15) is 19.5 Å². The van der Waals surface area contributed by atoms with E-state index in [1.165, 1.54) is 4.90 Å². The Morgan fingerprint density at radius 1 is 1.00 bits per heavy atom. The van der Waals surface area contributed by atoms with E-state index in [0.29, 0.717) is 24.1 Å². The molecule has 3 aromatic rings. The number of aromatic nitrogens is 1. The van der Waals surface area contributed by atoms with Gasteiger partial charge in [0, 0.05) is 54.9 Å². The molecule has 0 spiro atoms. The molecule has 0 saturated heterocycles. The largest absolute Gasteiger partial charge is 0.544 e. The first-order chi connectivity index (χ1) is 19.8. The van der Waals surface area contributed by atoms with Gasteiger partial charge in [0.05, 0.1) is 5.56 Å². The number of nitrogens with zero attached hydrogens (tertiary/aromatic N) is 3. The van der Waals surface area contributed by atoms with Crippen molar-refractivity contribution in [1.29, 1.82) is 0 Å². The second-order valence-corrected chi connectivity index (χ2v) is 17.7. The summed E-state index contributed by atoms with van der Waals surface area (Å²) in [5.74, 6) is 0.725. The average molecular weight is 588 g/mol. The summed E-state index contributed by atoms with van der Waals surface area (Å²) in [7, 11) is -0.179. The molecule has 8 nitrogen and oxygen atoms in total. The van der Waals surface area contributed by atoms with E-state index in [0.717, 1.165) is 71.6 Å². The third kappa shape index (κ3) is 5.49. The molecule has 0 unspecified atom stereocenters. The van der Waals surface area contributed by atoms with Gasteiger partial charge in [0.2, 0.25) is 8.32 Å². The summed E-state index contributed by atoms with van der Waals surface area (Å²) in [6.45, 7) is 12.5. The van der Waals surface area contributed by atoms with Gasteiger partial charge in [0.1, 0.15) is 5.75 Å². The van der Waals surface area contributed by atoms with Crippen molar-refractivity contribution in [2.45, 2.75) is 77.7 Å². The molecule has 5 rings (SSSR count). The molecule has 2 aliphatic heterocycles. The smallest absolute Gasteiger partial charge is 0.407 e. The Balaban J connectivity index is 1.46. The first-order valence-electron chi connectivity index (χ1n) is 14.7. The normalized spacial score (nSPS) is 15.0. The minimum atomic E-state index is -1.97. The summed E-state index contributed by atoms with van der Waals surface area (Å²) in [5.41, 5.74) is 6.51. The molecule has 1 aromatic heterocycles. The first kappa shape index (κ1) is 29.6. The molecular formula is C33H41N3O5Si. The fourth-order valence-electron chi connectivity index (χ4n) is 5.68. The van der Waals surface area contributed by atoms with Gasteiger partial charge in [-0.05, 0) is 97.4 Å². The molecule has 0 fully saturated rings. The third-order valence-electron chi connectivity index (χ3n) is 9.25. The van der Waals surface area contributed by atoms with Gasteiger partial charge in [-0.3, -0.25) is 9.59 Å². The van der Waals surface area contributed by atoms with E-state index in [4.69, 9.17) is 4.43 Å². The van der Waals surface area contributed by atoms with E-state index < -0.39 is 14.4 Å². The number of anilines is 1. The fraction of sp³-hybridized carbons (Fsp3) is 0.424. The SMILES string of the molecule is CN(C(=O)c1cc(-c2cc3c(cc2C=O)CN(C(=O)O)CC3)n2c1CCCC2)c1ccc(O[Si](C)(C)C(C)(C)C)cc1. The van der Waals surface area contributed by atoms with Crippen LogP contribution in [0.1, 0.15) is 71.1 Å². The van der Waals surface area contributed by atoms with Gasteiger partial charge in [-0.15, -0.1) is 0 Å². The van der Waals surface area contributed by atoms with Crippen LogP contribution >= 0.6 is 0 Å². The highest BCUT2D eigenvalue weighted by Crippen LogP contribution is 2.38. The lowest BCUT2D eigenvalue weighted by Crippen LogP contribution is -2.43. The van der Waals surface area contributed by atoms with Crippen molar-refractivity contribution >= 4 is 32.3 Å². The lowest BCUT2D eigenvalue weighted by atomic mass is 9.92. The highest BCUT2D eigenvalue weighted by Gasteiger charge is 2.39. The predicted molar refractivity (Wildman–Crippen MR) is 167 cm³/mol. The molecule has 0 aliphatic carbocycles. The summed E-state index contributed by atoms with van der Waals surface area (Å²) < 4.78 is 8.62. The minimum Gasteiger partial charge on any atom is -0.544 e. The van der Waals surface area contributed by atoms with Gasteiger partial charge >= 0.3 is 6.09 Å². The zero-order valence-electron chi connectivity index (χ0n) is 25.5. The van der Waals surface area contributed by atoms with Gasteiger partial charge in [0.25, 0.3) is 5.91 Å². The Morgan fingerprint density at radius 2 is 1.71 bits per heavy atom. The van der Waals surface area contributed by atoms with Gasteiger partial charge in [-0.1, -0.05) is 20.8 Å². The van der Waals surface area contributed by atoms with E-state index in [1.807, 2.05) is 42.5 Å². The maximum Gasteiger partial charge on any atom is 0.407 e. The molecule has 0 atom stereocenters. The summed E-state index contributed by atoms with van der Waals surface area (Å²) >= 11 is 0. The number of fused-ring (bicyclic) bond motifs is 2. The van der Waals surface area contributed by atoms with Crippen molar-refractivity contribution in [2.24, 2.45) is 0 Å². The number of carboxylic acid groups (broad SMARTS) is 1. The number of carbonyl (C=O) groups excluding carboxylic acids is 2. The highest BCUT2D eigenvalue weighted by molar-refractivity contribution is 6.74. The van der Waals surface area contributed by atoms with Gasteiger partial charge < -0.3 is 23.9 Å². The standard InChI is InChI=1S/C33H41N3O5Si/c1-33(2,3)42(5,6)41-26-12-10-25(11-13-26)34(4)31(38)28-19-30(36-15-8-7-9-29(28)36)27-18-22-14-16-35(32(39)40)20-23(22)17-24(27)21-37/h10-13,17-19,21H,7-9,14-16,20H2,1-6H3,(H,39,40). The molecule has 0 radical (unpaired) electrons. The number of benzene rings is 2. The topological polar surface area (TPSA) is 92.1 Å². The Hall–Kier alpha value is -3.85.